The van der Waals surface area contributed by atoms with Gasteiger partial charge < -0.3 is 10.6 Å². The van der Waals surface area contributed by atoms with Crippen molar-refractivity contribution in [1.82, 2.24) is 10.6 Å². The number of nitrogens with one attached hydrogen (secondary N) is 2. The molecule has 2 saturated heterocycles. The van der Waals surface area contributed by atoms with Crippen LogP contribution < -0.4 is 10.6 Å². The van der Waals surface area contributed by atoms with Gasteiger partial charge in [0.1, 0.15) is 9.84 Å². The summed E-state index contributed by atoms with van der Waals surface area (Å²) >= 11 is 0. The van der Waals surface area contributed by atoms with Crippen molar-refractivity contribution in [3.63, 3.8) is 0 Å². The molecular weight excluding hydrogens is 276 g/mol. The number of hydrogen-bond acceptors (Lipinski definition) is 4. The molecule has 0 bridgehead atoms. The van der Waals surface area contributed by atoms with Crippen molar-refractivity contribution in [3.8, 4) is 0 Å². The van der Waals surface area contributed by atoms with E-state index in [-0.39, 0.29) is 28.9 Å². The number of carbonyl (C=O) groups excluding carboxylic acids is 1. The van der Waals surface area contributed by atoms with Gasteiger partial charge in [0, 0.05) is 12.6 Å². The second-order valence-corrected chi connectivity index (χ2v) is 8.51. The lowest BCUT2D eigenvalue weighted by Gasteiger charge is -2.38. The van der Waals surface area contributed by atoms with E-state index >= 15 is 0 Å². The Morgan fingerprint density at radius 1 is 1.35 bits per heavy atom. The van der Waals surface area contributed by atoms with Crippen LogP contribution in [0.5, 0.6) is 0 Å². The van der Waals surface area contributed by atoms with E-state index in [0.29, 0.717) is 12.8 Å². The highest BCUT2D eigenvalue weighted by Gasteiger charge is 2.39. The Kier molecular flexibility index (Phi) is 5.07. The molecule has 2 N–H and O–H groups in total. The SMILES string of the molecule is CCCC1(C(=O)NC2CCS(=O)(=O)CC2)CCCNC1. The van der Waals surface area contributed by atoms with E-state index in [9.17, 15) is 13.2 Å². The zero-order valence-corrected chi connectivity index (χ0v) is 13.1. The van der Waals surface area contributed by atoms with E-state index in [1.165, 1.54) is 0 Å². The first kappa shape index (κ1) is 15.8. The largest absolute Gasteiger partial charge is 0.353 e. The fraction of sp³-hybridized carbons (Fsp3) is 0.929. The molecule has 2 heterocycles. The smallest absolute Gasteiger partial charge is 0.227 e. The van der Waals surface area contributed by atoms with Gasteiger partial charge >= 0.3 is 0 Å². The molecule has 0 aromatic carbocycles. The van der Waals surface area contributed by atoms with E-state index < -0.39 is 9.84 Å². The molecule has 6 heteroatoms. The molecule has 2 aliphatic rings. The van der Waals surface area contributed by atoms with Crippen molar-refractivity contribution in [2.24, 2.45) is 5.41 Å². The third kappa shape index (κ3) is 3.73. The molecule has 0 saturated carbocycles. The molecule has 20 heavy (non-hydrogen) atoms. The first-order valence-corrected chi connectivity index (χ1v) is 9.52. The summed E-state index contributed by atoms with van der Waals surface area (Å²) in [6.07, 6.45) is 4.98. The summed E-state index contributed by atoms with van der Waals surface area (Å²) in [5, 5.41) is 6.44. The molecule has 1 amide bonds. The first-order valence-electron chi connectivity index (χ1n) is 7.69. The average molecular weight is 302 g/mol. The average Bonchev–Trinajstić information content (AvgIpc) is 2.42. The highest BCUT2D eigenvalue weighted by atomic mass is 32.2. The molecule has 0 radical (unpaired) electrons. The number of hydrogen-bond donors (Lipinski definition) is 2. The van der Waals surface area contributed by atoms with Crippen LogP contribution in [0, 0.1) is 5.41 Å². The quantitative estimate of drug-likeness (QED) is 0.807. The van der Waals surface area contributed by atoms with Crippen molar-refractivity contribution < 1.29 is 13.2 Å². The minimum Gasteiger partial charge on any atom is -0.353 e. The maximum atomic E-state index is 12.6. The van der Waals surface area contributed by atoms with E-state index in [2.05, 4.69) is 17.6 Å². The van der Waals surface area contributed by atoms with Gasteiger partial charge in [0.25, 0.3) is 0 Å². The normalized spacial score (nSPS) is 30.9. The van der Waals surface area contributed by atoms with Gasteiger partial charge in [-0.1, -0.05) is 13.3 Å². The fourth-order valence-corrected chi connectivity index (χ4v) is 4.83. The van der Waals surface area contributed by atoms with Crippen LogP contribution >= 0.6 is 0 Å². The van der Waals surface area contributed by atoms with Gasteiger partial charge in [-0.25, -0.2) is 8.42 Å². The third-order valence-electron chi connectivity index (χ3n) is 4.57. The van der Waals surface area contributed by atoms with Gasteiger partial charge in [-0.15, -0.1) is 0 Å². The van der Waals surface area contributed by atoms with Gasteiger partial charge in [0.05, 0.1) is 16.9 Å². The maximum absolute atomic E-state index is 12.6. The Morgan fingerprint density at radius 2 is 2.05 bits per heavy atom. The molecule has 1 atom stereocenters. The summed E-state index contributed by atoms with van der Waals surface area (Å²) in [6, 6.07) is 0.0293. The van der Waals surface area contributed by atoms with Crippen molar-refractivity contribution in [1.29, 1.82) is 0 Å². The van der Waals surface area contributed by atoms with E-state index in [4.69, 9.17) is 0 Å². The number of carbonyl (C=O) groups is 1. The van der Waals surface area contributed by atoms with Gasteiger partial charge in [-0.2, -0.15) is 0 Å². The van der Waals surface area contributed by atoms with Crippen LogP contribution in [0.25, 0.3) is 0 Å². The van der Waals surface area contributed by atoms with Crippen LogP contribution in [0.2, 0.25) is 0 Å². The van der Waals surface area contributed by atoms with Gasteiger partial charge in [-0.05, 0) is 38.6 Å². The van der Waals surface area contributed by atoms with Crippen LogP contribution in [-0.2, 0) is 14.6 Å². The number of amides is 1. The topological polar surface area (TPSA) is 75.3 Å². The summed E-state index contributed by atoms with van der Waals surface area (Å²) < 4.78 is 22.9. The van der Waals surface area contributed by atoms with Crippen LogP contribution in [0.15, 0.2) is 0 Å². The molecule has 2 rings (SSSR count). The van der Waals surface area contributed by atoms with Crippen LogP contribution in [0.4, 0.5) is 0 Å². The second kappa shape index (κ2) is 6.43. The Balaban J connectivity index is 1.95. The fourth-order valence-electron chi connectivity index (χ4n) is 3.34. The van der Waals surface area contributed by atoms with E-state index in [0.717, 1.165) is 38.8 Å². The van der Waals surface area contributed by atoms with Gasteiger partial charge in [0.2, 0.25) is 5.91 Å². The van der Waals surface area contributed by atoms with Gasteiger partial charge in [0.15, 0.2) is 0 Å². The predicted molar refractivity (Wildman–Crippen MR) is 79.3 cm³/mol. The molecule has 5 nitrogen and oxygen atoms in total. The first-order chi connectivity index (χ1) is 9.47. The van der Waals surface area contributed by atoms with Crippen molar-refractivity contribution in [2.45, 2.75) is 51.5 Å². The molecular formula is C14H26N2O3S. The minimum absolute atomic E-state index is 0.0293. The number of piperidine rings is 1. The number of rotatable bonds is 4. The van der Waals surface area contributed by atoms with Crippen molar-refractivity contribution >= 4 is 15.7 Å². The zero-order chi connectivity index (χ0) is 14.6. The molecule has 2 fully saturated rings. The maximum Gasteiger partial charge on any atom is 0.227 e. The summed E-state index contributed by atoms with van der Waals surface area (Å²) in [5.41, 5.74) is -0.288. The highest BCUT2D eigenvalue weighted by Crippen LogP contribution is 2.32. The highest BCUT2D eigenvalue weighted by molar-refractivity contribution is 7.91. The Labute approximate surface area is 121 Å². The zero-order valence-electron chi connectivity index (χ0n) is 12.3. The molecule has 0 aromatic heterocycles. The second-order valence-electron chi connectivity index (χ2n) is 6.21. The molecule has 0 aliphatic carbocycles. The van der Waals surface area contributed by atoms with E-state index in [1.54, 1.807) is 0 Å². The number of sulfone groups is 1. The molecule has 0 aromatic rings. The lowest BCUT2D eigenvalue weighted by atomic mass is 9.76. The van der Waals surface area contributed by atoms with Crippen LogP contribution in [0.3, 0.4) is 0 Å². The Hall–Kier alpha value is -0.620. The third-order valence-corrected chi connectivity index (χ3v) is 6.29. The summed E-state index contributed by atoms with van der Waals surface area (Å²) in [5.74, 6) is 0.532. The summed E-state index contributed by atoms with van der Waals surface area (Å²) in [6.45, 7) is 3.84. The standard InChI is InChI=1S/C14H26N2O3S/c1-2-6-14(7-3-8-15-11-14)13(17)16-12-4-9-20(18,19)10-5-12/h12,15H,2-11H2,1H3,(H,16,17). The molecule has 1 unspecified atom stereocenters. The van der Waals surface area contributed by atoms with Crippen LogP contribution in [0.1, 0.15) is 45.4 Å². The van der Waals surface area contributed by atoms with Crippen molar-refractivity contribution in [2.75, 3.05) is 24.6 Å². The minimum atomic E-state index is -2.87. The molecule has 2 aliphatic heterocycles. The summed E-state index contributed by atoms with van der Waals surface area (Å²) in [4.78, 5) is 12.6. The van der Waals surface area contributed by atoms with E-state index in [1.807, 2.05) is 0 Å². The Bertz CT molecular complexity index is 422. The van der Waals surface area contributed by atoms with Gasteiger partial charge in [-0.3, -0.25) is 4.79 Å². The lowest BCUT2D eigenvalue weighted by molar-refractivity contribution is -0.133. The Morgan fingerprint density at radius 3 is 2.60 bits per heavy atom. The molecule has 116 valence electrons. The van der Waals surface area contributed by atoms with Crippen molar-refractivity contribution in [3.05, 3.63) is 0 Å². The molecule has 0 spiro atoms. The monoisotopic (exact) mass is 302 g/mol. The summed E-state index contributed by atoms with van der Waals surface area (Å²) in [7, 11) is -2.87. The van der Waals surface area contributed by atoms with Crippen LogP contribution in [-0.4, -0.2) is 45.0 Å². The predicted octanol–water partition coefficient (Wildman–Crippen LogP) is 0.850. The lowest BCUT2D eigenvalue weighted by Crippen LogP contribution is -2.53.